The molecule has 0 aliphatic carbocycles. The lowest BCUT2D eigenvalue weighted by atomic mass is 10.1. The van der Waals surface area contributed by atoms with Crippen molar-refractivity contribution in [1.29, 1.82) is 0 Å². The Balaban J connectivity index is 1.73. The highest BCUT2D eigenvalue weighted by atomic mass is 16.5. The van der Waals surface area contributed by atoms with Gasteiger partial charge in [-0.25, -0.2) is 9.98 Å². The van der Waals surface area contributed by atoms with Gasteiger partial charge in [-0.15, -0.1) is 0 Å². The Bertz CT molecular complexity index is 1200. The van der Waals surface area contributed by atoms with Gasteiger partial charge in [0.2, 0.25) is 0 Å². The van der Waals surface area contributed by atoms with Gasteiger partial charge in [-0.1, -0.05) is 0 Å². The van der Waals surface area contributed by atoms with Crippen LogP contribution in [0.5, 0.6) is 11.5 Å². The maximum Gasteiger partial charge on any atom is 0.129 e. The van der Waals surface area contributed by atoms with Gasteiger partial charge < -0.3 is 19.4 Å². The fraction of sp³-hybridized carbons (Fsp3) is 0.250. The van der Waals surface area contributed by atoms with E-state index in [1.807, 2.05) is 62.9 Å². The number of nitrogens with zero attached hydrogens (tertiary/aromatic N) is 6. The van der Waals surface area contributed by atoms with Crippen molar-refractivity contribution in [2.75, 3.05) is 25.7 Å². The molecule has 1 aromatic carbocycles. The highest BCUT2D eigenvalue weighted by molar-refractivity contribution is 6.20. The van der Waals surface area contributed by atoms with Crippen LogP contribution in [0.1, 0.15) is 18.3 Å². The number of hydrogen-bond acceptors (Lipinski definition) is 7. The zero-order chi connectivity index (χ0) is 23.2. The van der Waals surface area contributed by atoms with Crippen molar-refractivity contribution in [3.05, 3.63) is 72.3 Å². The van der Waals surface area contributed by atoms with Crippen molar-refractivity contribution < 1.29 is 9.47 Å². The summed E-state index contributed by atoms with van der Waals surface area (Å²) in [4.78, 5) is 19.1. The van der Waals surface area contributed by atoms with E-state index in [4.69, 9.17) is 14.5 Å². The van der Waals surface area contributed by atoms with E-state index < -0.39 is 0 Å². The van der Waals surface area contributed by atoms with Crippen LogP contribution in [-0.2, 0) is 13.6 Å². The summed E-state index contributed by atoms with van der Waals surface area (Å²) in [5, 5.41) is 4.26. The first-order valence-corrected chi connectivity index (χ1v) is 10.5. The molecule has 0 unspecified atom stereocenters. The highest BCUT2D eigenvalue weighted by Crippen LogP contribution is 2.32. The molecule has 170 valence electrons. The fourth-order valence-electron chi connectivity index (χ4n) is 3.51. The number of aryl methyl sites for hydroxylation is 1. The molecule has 0 spiro atoms. The molecule has 4 rings (SSSR count). The zero-order valence-corrected chi connectivity index (χ0v) is 19.2. The van der Waals surface area contributed by atoms with Gasteiger partial charge >= 0.3 is 0 Å². The Morgan fingerprint density at radius 2 is 2.03 bits per heavy atom. The predicted octanol–water partition coefficient (Wildman–Crippen LogP) is 3.64. The number of aromatic amines is 1. The molecule has 2 aromatic heterocycles. The first-order valence-electron chi connectivity index (χ1n) is 10.5. The van der Waals surface area contributed by atoms with Gasteiger partial charge in [-0.2, -0.15) is 5.10 Å². The number of rotatable bonds is 8. The minimum absolute atomic E-state index is 0.488. The third-order valence-corrected chi connectivity index (χ3v) is 5.15. The summed E-state index contributed by atoms with van der Waals surface area (Å²) in [7, 11) is 5.17. The van der Waals surface area contributed by atoms with E-state index in [9.17, 15) is 0 Å². The number of imidazole rings is 1. The zero-order valence-electron chi connectivity index (χ0n) is 19.2. The molecular formula is C24H27N7O2. The average Bonchev–Trinajstić information content (AvgIpc) is 3.52. The van der Waals surface area contributed by atoms with Crippen molar-refractivity contribution >= 4 is 23.2 Å². The molecule has 0 saturated heterocycles. The van der Waals surface area contributed by atoms with Crippen LogP contribution in [0.15, 0.2) is 70.9 Å². The molecule has 1 N–H and O–H groups in total. The Kier molecular flexibility index (Phi) is 6.68. The van der Waals surface area contributed by atoms with Crippen LogP contribution < -0.4 is 14.4 Å². The molecular weight excluding hydrogens is 418 g/mol. The van der Waals surface area contributed by atoms with Crippen molar-refractivity contribution in [1.82, 2.24) is 19.7 Å². The number of anilines is 1. The summed E-state index contributed by atoms with van der Waals surface area (Å²) in [5.41, 5.74) is 3.70. The molecule has 0 fully saturated rings. The second-order valence-electron chi connectivity index (χ2n) is 7.42. The second-order valence-corrected chi connectivity index (χ2v) is 7.42. The van der Waals surface area contributed by atoms with E-state index >= 15 is 0 Å². The van der Waals surface area contributed by atoms with Crippen LogP contribution in [0, 0.1) is 0 Å². The Hall–Kier alpha value is -4.14. The summed E-state index contributed by atoms with van der Waals surface area (Å²) >= 11 is 0. The number of ether oxygens (including phenoxy) is 2. The molecule has 1 aliphatic heterocycles. The summed E-state index contributed by atoms with van der Waals surface area (Å²) in [5.74, 6) is 2.95. The molecule has 0 amide bonds. The second kappa shape index (κ2) is 9.99. The molecule has 9 heteroatoms. The number of aliphatic imine (C=N–C) groups is 2. The van der Waals surface area contributed by atoms with Crippen molar-refractivity contribution in [2.45, 2.75) is 13.5 Å². The van der Waals surface area contributed by atoms with Crippen LogP contribution in [0.4, 0.5) is 5.69 Å². The standard InChI is InChI=1S/C24H27N7O2/c1-5-24(29-19-8-17(12-25-14-19)18-13-28-30(2)15-18)31(16-23-26-6-7-27-23)20-9-21(32-3)11-22(10-20)33-4/h5-13,15H,14,16H2,1-4H3,(H,26,27)/b24-5+,29-19-. The van der Waals surface area contributed by atoms with E-state index in [-0.39, 0.29) is 0 Å². The Morgan fingerprint density at radius 3 is 2.64 bits per heavy atom. The monoisotopic (exact) mass is 445 g/mol. The summed E-state index contributed by atoms with van der Waals surface area (Å²) in [6, 6.07) is 5.74. The number of benzene rings is 1. The van der Waals surface area contributed by atoms with Gasteiger partial charge in [-0.05, 0) is 19.1 Å². The molecule has 0 saturated carbocycles. The minimum atomic E-state index is 0.488. The average molecular weight is 446 g/mol. The van der Waals surface area contributed by atoms with Gasteiger partial charge in [0.1, 0.15) is 23.1 Å². The Morgan fingerprint density at radius 1 is 1.24 bits per heavy atom. The van der Waals surface area contributed by atoms with Crippen LogP contribution in [0.3, 0.4) is 0 Å². The lowest BCUT2D eigenvalue weighted by Gasteiger charge is -2.25. The molecule has 9 nitrogen and oxygen atoms in total. The van der Waals surface area contributed by atoms with E-state index in [1.165, 1.54) is 0 Å². The molecule has 3 aromatic rings. The fourth-order valence-corrected chi connectivity index (χ4v) is 3.51. The van der Waals surface area contributed by atoms with Crippen LogP contribution in [0.2, 0.25) is 0 Å². The molecule has 0 bridgehead atoms. The van der Waals surface area contributed by atoms with Crippen LogP contribution >= 0.6 is 0 Å². The maximum absolute atomic E-state index is 5.49. The van der Waals surface area contributed by atoms with Crippen molar-refractivity contribution in [3.63, 3.8) is 0 Å². The van der Waals surface area contributed by atoms with E-state index in [0.717, 1.165) is 34.2 Å². The highest BCUT2D eigenvalue weighted by Gasteiger charge is 2.17. The molecule has 1 aliphatic rings. The van der Waals surface area contributed by atoms with Gasteiger partial charge in [0.25, 0.3) is 0 Å². The number of nitrogens with one attached hydrogen (secondary N) is 1. The first-order chi connectivity index (χ1) is 16.1. The maximum atomic E-state index is 5.49. The largest absolute Gasteiger partial charge is 0.497 e. The van der Waals surface area contributed by atoms with Crippen LogP contribution in [0.25, 0.3) is 5.57 Å². The van der Waals surface area contributed by atoms with Gasteiger partial charge in [-0.3, -0.25) is 9.67 Å². The van der Waals surface area contributed by atoms with Gasteiger partial charge in [0.05, 0.1) is 44.9 Å². The molecule has 33 heavy (non-hydrogen) atoms. The van der Waals surface area contributed by atoms with E-state index in [0.29, 0.717) is 24.6 Å². The number of aromatic nitrogens is 4. The van der Waals surface area contributed by atoms with Crippen molar-refractivity contribution in [3.8, 4) is 11.5 Å². The number of H-pyrrole nitrogens is 1. The number of dihydropyridines is 1. The summed E-state index contributed by atoms with van der Waals surface area (Å²) in [6.07, 6.45) is 13.2. The van der Waals surface area contributed by atoms with E-state index in [1.54, 1.807) is 31.3 Å². The number of allylic oxidation sites excluding steroid dienone is 2. The molecule has 3 heterocycles. The van der Waals surface area contributed by atoms with Crippen LogP contribution in [-0.4, -0.2) is 52.4 Å². The van der Waals surface area contributed by atoms with Gasteiger partial charge in [0.15, 0.2) is 0 Å². The Labute approximate surface area is 192 Å². The topological polar surface area (TPSA) is 92.9 Å². The first kappa shape index (κ1) is 22.1. The minimum Gasteiger partial charge on any atom is -0.497 e. The normalized spacial score (nSPS) is 15.0. The summed E-state index contributed by atoms with van der Waals surface area (Å²) < 4.78 is 12.8. The lowest BCUT2D eigenvalue weighted by Crippen LogP contribution is -2.23. The predicted molar refractivity (Wildman–Crippen MR) is 130 cm³/mol. The van der Waals surface area contributed by atoms with Crippen molar-refractivity contribution in [2.24, 2.45) is 17.0 Å². The molecule has 0 atom stereocenters. The quantitative estimate of drug-likeness (QED) is 0.571. The third kappa shape index (κ3) is 5.20. The number of methoxy groups -OCH3 is 2. The van der Waals surface area contributed by atoms with E-state index in [2.05, 4.69) is 25.0 Å². The smallest absolute Gasteiger partial charge is 0.129 e. The van der Waals surface area contributed by atoms with Gasteiger partial charge in [0, 0.05) is 61.2 Å². The molecule has 0 radical (unpaired) electrons. The lowest BCUT2D eigenvalue weighted by molar-refractivity contribution is 0.394. The summed E-state index contributed by atoms with van der Waals surface area (Å²) in [6.45, 7) is 2.95. The third-order valence-electron chi connectivity index (χ3n) is 5.15. The SMILES string of the molecule is C/C=C(\N=C1\C=C(c2cnn(C)c2)C=NC1)N(Cc1ncc[nH]1)c1cc(OC)cc(OC)c1. The number of hydrogen-bond donors (Lipinski definition) is 1.